The van der Waals surface area contributed by atoms with Crippen molar-refractivity contribution in [2.45, 2.75) is 25.8 Å². The molecule has 0 radical (unpaired) electrons. The number of carbonyl (C=O) groups is 1. The number of anilines is 1. The Kier molecular flexibility index (Phi) is 6.08. The zero-order valence-corrected chi connectivity index (χ0v) is 11.9. The lowest BCUT2D eigenvalue weighted by Crippen LogP contribution is -2.45. The first-order valence-corrected chi connectivity index (χ1v) is 6.48. The normalized spacial score (nSPS) is 11.5. The largest absolute Gasteiger partial charge is 0.497 e. The van der Waals surface area contributed by atoms with Gasteiger partial charge in [-0.3, -0.25) is 0 Å². The number of nitrogens with one attached hydrogen (secondary N) is 2. The first-order valence-electron chi connectivity index (χ1n) is 6.07. The summed E-state index contributed by atoms with van der Waals surface area (Å²) < 4.78 is 5.08. The molecule has 1 rings (SSSR count). The van der Waals surface area contributed by atoms with E-state index in [2.05, 4.69) is 10.6 Å². The Morgan fingerprint density at radius 2 is 2.26 bits per heavy atom. The third-order valence-corrected chi connectivity index (χ3v) is 2.84. The number of nitrogens with two attached hydrogens (primary N) is 1. The van der Waals surface area contributed by atoms with Crippen molar-refractivity contribution in [3.05, 3.63) is 24.3 Å². The number of hydrogen-bond donors (Lipinski definition) is 3. The van der Waals surface area contributed by atoms with Crippen LogP contribution in [0.3, 0.4) is 0 Å². The second-order valence-corrected chi connectivity index (χ2v) is 4.55. The SMILES string of the molecule is CCCC(NC(=O)Nc1cccc(OC)c1)C(N)=S. The van der Waals surface area contributed by atoms with Gasteiger partial charge in [-0.1, -0.05) is 31.6 Å². The van der Waals surface area contributed by atoms with Crippen LogP contribution in [0.1, 0.15) is 19.8 Å². The van der Waals surface area contributed by atoms with E-state index in [-0.39, 0.29) is 12.1 Å². The van der Waals surface area contributed by atoms with Crippen LogP contribution in [0.15, 0.2) is 24.3 Å². The molecule has 0 aromatic heterocycles. The lowest BCUT2D eigenvalue weighted by Gasteiger charge is -2.17. The minimum Gasteiger partial charge on any atom is -0.497 e. The maximum absolute atomic E-state index is 11.8. The summed E-state index contributed by atoms with van der Waals surface area (Å²) in [6.45, 7) is 2.01. The molecule has 19 heavy (non-hydrogen) atoms. The molecule has 1 atom stereocenters. The molecule has 0 spiro atoms. The number of ether oxygens (including phenoxy) is 1. The summed E-state index contributed by atoms with van der Waals surface area (Å²) in [5, 5.41) is 5.46. The van der Waals surface area contributed by atoms with Gasteiger partial charge in [0.2, 0.25) is 0 Å². The second kappa shape index (κ2) is 7.58. The Morgan fingerprint density at radius 1 is 1.53 bits per heavy atom. The summed E-state index contributed by atoms with van der Waals surface area (Å²) >= 11 is 4.92. The molecule has 5 nitrogen and oxygen atoms in total. The highest BCUT2D eigenvalue weighted by atomic mass is 32.1. The molecular weight excluding hydrogens is 262 g/mol. The minimum absolute atomic E-state index is 0.286. The van der Waals surface area contributed by atoms with Gasteiger partial charge in [-0.15, -0.1) is 0 Å². The van der Waals surface area contributed by atoms with Gasteiger partial charge in [0, 0.05) is 11.8 Å². The predicted molar refractivity (Wildman–Crippen MR) is 80.6 cm³/mol. The van der Waals surface area contributed by atoms with Gasteiger partial charge < -0.3 is 21.1 Å². The maximum Gasteiger partial charge on any atom is 0.319 e. The Balaban J connectivity index is 2.60. The molecule has 1 aromatic carbocycles. The van der Waals surface area contributed by atoms with E-state index in [0.717, 1.165) is 12.8 Å². The summed E-state index contributed by atoms with van der Waals surface area (Å²) in [6.07, 6.45) is 1.61. The maximum atomic E-state index is 11.8. The molecule has 0 aliphatic heterocycles. The molecule has 0 heterocycles. The van der Waals surface area contributed by atoms with Crippen molar-refractivity contribution in [2.75, 3.05) is 12.4 Å². The van der Waals surface area contributed by atoms with Crippen molar-refractivity contribution >= 4 is 28.9 Å². The van der Waals surface area contributed by atoms with E-state index in [9.17, 15) is 4.79 Å². The molecule has 4 N–H and O–H groups in total. The van der Waals surface area contributed by atoms with Crippen LogP contribution in [-0.4, -0.2) is 24.2 Å². The van der Waals surface area contributed by atoms with Crippen molar-refractivity contribution in [3.8, 4) is 5.75 Å². The summed E-state index contributed by atoms with van der Waals surface area (Å²) in [7, 11) is 1.57. The number of benzene rings is 1. The van der Waals surface area contributed by atoms with Gasteiger partial charge >= 0.3 is 6.03 Å². The number of methoxy groups -OCH3 is 1. The van der Waals surface area contributed by atoms with Crippen LogP contribution in [0.4, 0.5) is 10.5 Å². The van der Waals surface area contributed by atoms with Gasteiger partial charge in [-0.2, -0.15) is 0 Å². The number of rotatable bonds is 6. The van der Waals surface area contributed by atoms with Crippen LogP contribution < -0.4 is 21.1 Å². The number of amides is 2. The summed E-state index contributed by atoms with van der Waals surface area (Å²) in [5.74, 6) is 0.678. The van der Waals surface area contributed by atoms with E-state index in [1.54, 1.807) is 31.4 Å². The van der Waals surface area contributed by atoms with Gasteiger partial charge in [-0.05, 0) is 18.6 Å². The fourth-order valence-corrected chi connectivity index (χ4v) is 1.78. The second-order valence-electron chi connectivity index (χ2n) is 4.07. The summed E-state index contributed by atoms with van der Waals surface area (Å²) in [6, 6.07) is 6.49. The van der Waals surface area contributed by atoms with Crippen LogP contribution >= 0.6 is 12.2 Å². The lowest BCUT2D eigenvalue weighted by atomic mass is 10.2. The standard InChI is InChI=1S/C13H19N3O2S/c1-3-5-11(12(14)19)16-13(17)15-9-6-4-7-10(8-9)18-2/h4,6-8,11H,3,5H2,1-2H3,(H2,14,19)(H2,15,16,17). The Hall–Kier alpha value is -1.82. The average Bonchev–Trinajstić information content (AvgIpc) is 2.38. The minimum atomic E-state index is -0.334. The predicted octanol–water partition coefficient (Wildman–Crippen LogP) is 2.27. The van der Waals surface area contributed by atoms with Gasteiger partial charge in [0.25, 0.3) is 0 Å². The van der Waals surface area contributed by atoms with Crippen molar-refractivity contribution in [1.82, 2.24) is 5.32 Å². The molecule has 2 amide bonds. The zero-order chi connectivity index (χ0) is 14.3. The van der Waals surface area contributed by atoms with Crippen LogP contribution in [0.2, 0.25) is 0 Å². The molecule has 0 bridgehead atoms. The van der Waals surface area contributed by atoms with Gasteiger partial charge in [0.05, 0.1) is 18.1 Å². The smallest absolute Gasteiger partial charge is 0.319 e. The summed E-state index contributed by atoms with van der Waals surface area (Å²) in [5.41, 5.74) is 6.23. The topological polar surface area (TPSA) is 76.4 Å². The molecule has 1 unspecified atom stereocenters. The Morgan fingerprint density at radius 3 is 2.84 bits per heavy atom. The van der Waals surface area contributed by atoms with Crippen molar-refractivity contribution in [2.24, 2.45) is 5.73 Å². The Bertz CT molecular complexity index is 451. The number of carbonyl (C=O) groups excluding carboxylic acids is 1. The first-order chi connectivity index (χ1) is 9.06. The quantitative estimate of drug-likeness (QED) is 0.699. The van der Waals surface area contributed by atoms with Crippen molar-refractivity contribution < 1.29 is 9.53 Å². The van der Waals surface area contributed by atoms with Crippen molar-refractivity contribution in [1.29, 1.82) is 0 Å². The average molecular weight is 281 g/mol. The molecule has 6 heteroatoms. The van der Waals surface area contributed by atoms with Crippen LogP contribution in [0, 0.1) is 0 Å². The fourth-order valence-electron chi connectivity index (χ4n) is 1.60. The molecule has 0 aliphatic carbocycles. The highest BCUT2D eigenvalue weighted by molar-refractivity contribution is 7.80. The van der Waals surface area contributed by atoms with E-state index >= 15 is 0 Å². The first kappa shape index (κ1) is 15.2. The van der Waals surface area contributed by atoms with Crippen LogP contribution in [0.5, 0.6) is 5.75 Å². The highest BCUT2D eigenvalue weighted by Crippen LogP contribution is 2.16. The molecule has 0 fully saturated rings. The van der Waals surface area contributed by atoms with E-state index in [4.69, 9.17) is 22.7 Å². The Labute approximate surface area is 118 Å². The molecule has 0 saturated carbocycles. The fraction of sp³-hybridized carbons (Fsp3) is 0.385. The van der Waals surface area contributed by atoms with Crippen LogP contribution in [-0.2, 0) is 0 Å². The summed E-state index contributed by atoms with van der Waals surface area (Å²) in [4.78, 5) is 12.1. The number of hydrogen-bond acceptors (Lipinski definition) is 3. The van der Waals surface area contributed by atoms with Crippen molar-refractivity contribution in [3.63, 3.8) is 0 Å². The van der Waals surface area contributed by atoms with E-state index in [1.165, 1.54) is 0 Å². The third kappa shape index (κ3) is 5.13. The zero-order valence-electron chi connectivity index (χ0n) is 11.1. The third-order valence-electron chi connectivity index (χ3n) is 2.55. The monoisotopic (exact) mass is 281 g/mol. The molecular formula is C13H19N3O2S. The van der Waals surface area contributed by atoms with E-state index in [0.29, 0.717) is 16.4 Å². The number of thiocarbonyl (C=S) groups is 1. The lowest BCUT2D eigenvalue weighted by molar-refractivity contribution is 0.250. The van der Waals surface area contributed by atoms with Gasteiger partial charge in [0.1, 0.15) is 5.75 Å². The molecule has 104 valence electrons. The van der Waals surface area contributed by atoms with Gasteiger partial charge in [-0.25, -0.2) is 4.79 Å². The van der Waals surface area contributed by atoms with E-state index in [1.807, 2.05) is 6.92 Å². The molecule has 0 aliphatic rings. The number of urea groups is 1. The highest BCUT2D eigenvalue weighted by Gasteiger charge is 2.14. The van der Waals surface area contributed by atoms with Crippen LogP contribution in [0.25, 0.3) is 0 Å². The molecule has 1 aromatic rings. The van der Waals surface area contributed by atoms with E-state index < -0.39 is 0 Å². The van der Waals surface area contributed by atoms with Gasteiger partial charge in [0.15, 0.2) is 0 Å². The molecule has 0 saturated heterocycles.